The summed E-state index contributed by atoms with van der Waals surface area (Å²) in [7, 11) is -3.35. The molecule has 0 fully saturated rings. The Morgan fingerprint density at radius 1 is 1.04 bits per heavy atom. The van der Waals surface area contributed by atoms with E-state index in [0.29, 0.717) is 15.7 Å². The normalized spacial score (nSPS) is 11.0. The van der Waals surface area contributed by atoms with Gasteiger partial charge in [-0.2, -0.15) is 0 Å². The van der Waals surface area contributed by atoms with Gasteiger partial charge in [0.05, 0.1) is 10.5 Å². The van der Waals surface area contributed by atoms with Crippen LogP contribution in [0.25, 0.3) is 0 Å². The van der Waals surface area contributed by atoms with E-state index in [4.69, 9.17) is 27.9 Å². The number of benzene rings is 2. The van der Waals surface area contributed by atoms with Gasteiger partial charge in [0.2, 0.25) is 0 Å². The van der Waals surface area contributed by atoms with E-state index in [0.717, 1.165) is 6.26 Å². The van der Waals surface area contributed by atoms with Crippen LogP contribution in [0.15, 0.2) is 47.4 Å². The number of carbonyl (C=O) groups is 2. The Labute approximate surface area is 154 Å². The van der Waals surface area contributed by atoms with Gasteiger partial charge >= 0.3 is 5.97 Å². The molecule has 0 aliphatic rings. The molecule has 0 heterocycles. The van der Waals surface area contributed by atoms with Crippen molar-refractivity contribution in [1.29, 1.82) is 0 Å². The zero-order valence-corrected chi connectivity index (χ0v) is 15.3. The molecule has 2 aromatic rings. The summed E-state index contributed by atoms with van der Waals surface area (Å²) in [6.07, 6.45) is 1.06. The second-order valence-corrected chi connectivity index (χ2v) is 7.97. The molecule has 1 amide bonds. The predicted molar refractivity (Wildman–Crippen MR) is 94.9 cm³/mol. The molecule has 0 saturated heterocycles. The zero-order chi connectivity index (χ0) is 18.6. The molecule has 2 aromatic carbocycles. The largest absolute Gasteiger partial charge is 0.452 e. The highest BCUT2D eigenvalue weighted by Gasteiger charge is 2.13. The van der Waals surface area contributed by atoms with Crippen molar-refractivity contribution in [3.8, 4) is 0 Å². The summed E-state index contributed by atoms with van der Waals surface area (Å²) in [6.45, 7) is -0.517. The number of sulfone groups is 1. The number of rotatable bonds is 5. The van der Waals surface area contributed by atoms with Crippen LogP contribution in [0.2, 0.25) is 10.0 Å². The van der Waals surface area contributed by atoms with E-state index < -0.39 is 28.3 Å². The summed E-state index contributed by atoms with van der Waals surface area (Å²) < 4.78 is 27.6. The van der Waals surface area contributed by atoms with E-state index in [1.807, 2.05) is 0 Å². The molecule has 0 bridgehead atoms. The lowest BCUT2D eigenvalue weighted by Crippen LogP contribution is -2.21. The fourth-order valence-corrected chi connectivity index (χ4v) is 3.03. The number of anilines is 1. The molecule has 2 rings (SSSR count). The SMILES string of the molecule is CS(=O)(=O)c1ccc(C(=O)OCC(=O)Nc2cc(Cl)cc(Cl)c2)cc1. The lowest BCUT2D eigenvalue weighted by atomic mass is 10.2. The van der Waals surface area contributed by atoms with Crippen molar-refractivity contribution in [3.05, 3.63) is 58.1 Å². The van der Waals surface area contributed by atoms with E-state index >= 15 is 0 Å². The highest BCUT2D eigenvalue weighted by Crippen LogP contribution is 2.22. The highest BCUT2D eigenvalue weighted by molar-refractivity contribution is 7.90. The third-order valence-electron chi connectivity index (χ3n) is 3.00. The molecule has 0 aromatic heterocycles. The molecule has 6 nitrogen and oxygen atoms in total. The smallest absolute Gasteiger partial charge is 0.338 e. The van der Waals surface area contributed by atoms with Gasteiger partial charge in [-0.15, -0.1) is 0 Å². The summed E-state index contributed by atoms with van der Waals surface area (Å²) in [5.41, 5.74) is 0.502. The van der Waals surface area contributed by atoms with Gasteiger partial charge in [-0.25, -0.2) is 13.2 Å². The summed E-state index contributed by atoms with van der Waals surface area (Å²) >= 11 is 11.6. The average molecular weight is 402 g/mol. The molecule has 0 spiro atoms. The first-order valence-electron chi connectivity index (χ1n) is 6.88. The van der Waals surface area contributed by atoms with Crippen molar-refractivity contribution in [3.63, 3.8) is 0 Å². The molecule has 0 aliphatic carbocycles. The van der Waals surface area contributed by atoms with Crippen molar-refractivity contribution < 1.29 is 22.7 Å². The van der Waals surface area contributed by atoms with Crippen LogP contribution in [-0.4, -0.2) is 33.2 Å². The van der Waals surface area contributed by atoms with Crippen LogP contribution in [0, 0.1) is 0 Å². The summed E-state index contributed by atoms with van der Waals surface area (Å²) in [5, 5.41) is 3.20. The van der Waals surface area contributed by atoms with Gasteiger partial charge < -0.3 is 10.1 Å². The number of hydrogen-bond acceptors (Lipinski definition) is 5. The lowest BCUT2D eigenvalue weighted by molar-refractivity contribution is -0.119. The number of hydrogen-bond donors (Lipinski definition) is 1. The predicted octanol–water partition coefficient (Wildman–Crippen LogP) is 3.19. The first kappa shape index (κ1) is 19.2. The van der Waals surface area contributed by atoms with E-state index in [9.17, 15) is 18.0 Å². The van der Waals surface area contributed by atoms with Crippen molar-refractivity contribution >= 4 is 50.6 Å². The van der Waals surface area contributed by atoms with Gasteiger partial charge in [-0.3, -0.25) is 4.79 Å². The molecule has 0 unspecified atom stereocenters. The summed E-state index contributed by atoms with van der Waals surface area (Å²) in [5.74, 6) is -1.32. The molecule has 0 radical (unpaired) electrons. The van der Waals surface area contributed by atoms with E-state index in [2.05, 4.69) is 5.32 Å². The summed E-state index contributed by atoms with van der Waals surface area (Å²) in [6, 6.07) is 9.72. The van der Waals surface area contributed by atoms with Crippen molar-refractivity contribution in [2.45, 2.75) is 4.90 Å². The molecular formula is C16H13Cl2NO5S. The maximum absolute atomic E-state index is 11.9. The second kappa shape index (κ2) is 7.86. The van der Waals surface area contributed by atoms with Crippen molar-refractivity contribution in [1.82, 2.24) is 0 Å². The number of carbonyl (C=O) groups excluding carboxylic acids is 2. The molecule has 0 saturated carbocycles. The first-order chi connectivity index (χ1) is 11.6. The van der Waals surface area contributed by atoms with Crippen LogP contribution in [0.1, 0.15) is 10.4 Å². The molecule has 1 N–H and O–H groups in total. The number of nitrogens with one attached hydrogen (secondary N) is 1. The fraction of sp³-hybridized carbons (Fsp3) is 0.125. The number of esters is 1. The number of halogens is 2. The minimum Gasteiger partial charge on any atom is -0.452 e. The van der Waals surface area contributed by atoms with Gasteiger partial charge in [0.15, 0.2) is 16.4 Å². The second-order valence-electron chi connectivity index (χ2n) is 5.08. The Kier molecular flexibility index (Phi) is 6.05. The maximum Gasteiger partial charge on any atom is 0.338 e. The first-order valence-corrected chi connectivity index (χ1v) is 9.53. The van der Waals surface area contributed by atoms with Gasteiger partial charge in [0, 0.05) is 22.0 Å². The topological polar surface area (TPSA) is 89.5 Å². The molecule has 0 atom stereocenters. The molecule has 25 heavy (non-hydrogen) atoms. The minimum absolute atomic E-state index is 0.0830. The van der Waals surface area contributed by atoms with E-state index in [-0.39, 0.29) is 10.5 Å². The fourth-order valence-electron chi connectivity index (χ4n) is 1.88. The average Bonchev–Trinajstić information content (AvgIpc) is 2.51. The van der Waals surface area contributed by atoms with Crippen molar-refractivity contribution in [2.24, 2.45) is 0 Å². The molecule has 132 valence electrons. The van der Waals surface area contributed by atoms with Gasteiger partial charge in [0.1, 0.15) is 0 Å². The van der Waals surface area contributed by atoms with Crippen LogP contribution >= 0.6 is 23.2 Å². The summed E-state index contributed by atoms with van der Waals surface area (Å²) in [4.78, 5) is 23.8. The Morgan fingerprint density at radius 3 is 2.12 bits per heavy atom. The maximum atomic E-state index is 11.9. The van der Waals surface area contributed by atoms with Crippen LogP contribution in [-0.2, 0) is 19.4 Å². The standard InChI is InChI=1S/C16H13Cl2NO5S/c1-25(22,23)14-4-2-10(3-5-14)16(21)24-9-15(20)19-13-7-11(17)6-12(18)8-13/h2-8H,9H2,1H3,(H,19,20). The van der Waals surface area contributed by atoms with Crippen molar-refractivity contribution in [2.75, 3.05) is 18.2 Å². The van der Waals surface area contributed by atoms with E-state index in [1.165, 1.54) is 42.5 Å². The Balaban J connectivity index is 1.94. The van der Waals surface area contributed by atoms with Gasteiger partial charge in [-0.05, 0) is 42.5 Å². The Hall–Kier alpha value is -2.09. The third kappa shape index (κ3) is 5.74. The van der Waals surface area contributed by atoms with Gasteiger partial charge in [-0.1, -0.05) is 23.2 Å². The Bertz CT molecular complexity index is 890. The minimum atomic E-state index is -3.35. The zero-order valence-electron chi connectivity index (χ0n) is 13.0. The van der Waals surface area contributed by atoms with Crippen LogP contribution in [0.5, 0.6) is 0 Å². The molecule has 9 heteroatoms. The van der Waals surface area contributed by atoms with Crippen LogP contribution < -0.4 is 5.32 Å². The monoisotopic (exact) mass is 401 g/mol. The van der Waals surface area contributed by atoms with Crippen LogP contribution in [0.4, 0.5) is 5.69 Å². The number of ether oxygens (including phenoxy) is 1. The third-order valence-corrected chi connectivity index (χ3v) is 4.56. The molecular weight excluding hydrogens is 389 g/mol. The molecule has 0 aliphatic heterocycles. The lowest BCUT2D eigenvalue weighted by Gasteiger charge is -2.08. The number of amides is 1. The highest BCUT2D eigenvalue weighted by atomic mass is 35.5. The van der Waals surface area contributed by atoms with E-state index in [1.54, 1.807) is 0 Å². The Morgan fingerprint density at radius 2 is 1.60 bits per heavy atom. The van der Waals surface area contributed by atoms with Crippen LogP contribution in [0.3, 0.4) is 0 Å². The quantitative estimate of drug-likeness (QED) is 0.776. The van der Waals surface area contributed by atoms with Gasteiger partial charge in [0.25, 0.3) is 5.91 Å².